The standard InChI is InChI=1S/C15H24FNO2/c1-12(2)17-10-13-5-6-15(16)14(9-13)11-19-8-4-7-18-3/h5-6,9,12,17H,4,7-8,10-11H2,1-3H3. The molecule has 0 saturated heterocycles. The van der Waals surface area contributed by atoms with E-state index in [1.54, 1.807) is 13.2 Å². The SMILES string of the molecule is COCCCOCc1cc(CNC(C)C)ccc1F. The maximum Gasteiger partial charge on any atom is 0.128 e. The monoisotopic (exact) mass is 269 g/mol. The number of nitrogens with one attached hydrogen (secondary N) is 1. The minimum atomic E-state index is -0.208. The van der Waals surface area contributed by atoms with E-state index in [1.165, 1.54) is 6.07 Å². The number of rotatable bonds is 9. The lowest BCUT2D eigenvalue weighted by Crippen LogP contribution is -2.21. The van der Waals surface area contributed by atoms with E-state index in [9.17, 15) is 4.39 Å². The Balaban J connectivity index is 2.44. The lowest BCUT2D eigenvalue weighted by Gasteiger charge is -2.10. The van der Waals surface area contributed by atoms with Gasteiger partial charge in [-0.15, -0.1) is 0 Å². The number of ether oxygens (including phenoxy) is 2. The van der Waals surface area contributed by atoms with Gasteiger partial charge in [0.15, 0.2) is 0 Å². The Morgan fingerprint density at radius 2 is 2.05 bits per heavy atom. The molecule has 0 spiro atoms. The maximum atomic E-state index is 13.6. The van der Waals surface area contributed by atoms with Gasteiger partial charge in [0, 0.05) is 38.5 Å². The van der Waals surface area contributed by atoms with E-state index in [-0.39, 0.29) is 5.82 Å². The quantitative estimate of drug-likeness (QED) is 0.699. The van der Waals surface area contributed by atoms with Crippen molar-refractivity contribution in [2.75, 3.05) is 20.3 Å². The van der Waals surface area contributed by atoms with Crippen LogP contribution in [0.25, 0.3) is 0 Å². The van der Waals surface area contributed by atoms with Gasteiger partial charge in [0.2, 0.25) is 0 Å². The second-order valence-electron chi connectivity index (χ2n) is 4.86. The maximum absolute atomic E-state index is 13.6. The van der Waals surface area contributed by atoms with Gasteiger partial charge in [-0.2, -0.15) is 0 Å². The van der Waals surface area contributed by atoms with Crippen LogP contribution in [0.3, 0.4) is 0 Å². The third-order valence-corrected chi connectivity index (χ3v) is 2.72. The van der Waals surface area contributed by atoms with E-state index < -0.39 is 0 Å². The molecule has 1 aromatic carbocycles. The van der Waals surface area contributed by atoms with Crippen LogP contribution in [0.15, 0.2) is 18.2 Å². The molecule has 1 N–H and O–H groups in total. The first kappa shape index (κ1) is 16.1. The van der Waals surface area contributed by atoms with Crippen molar-refractivity contribution < 1.29 is 13.9 Å². The zero-order chi connectivity index (χ0) is 14.1. The molecule has 0 radical (unpaired) electrons. The first-order valence-corrected chi connectivity index (χ1v) is 6.71. The van der Waals surface area contributed by atoms with Gasteiger partial charge in [-0.3, -0.25) is 0 Å². The van der Waals surface area contributed by atoms with Gasteiger partial charge in [0.25, 0.3) is 0 Å². The molecular weight excluding hydrogens is 245 g/mol. The van der Waals surface area contributed by atoms with E-state index in [1.807, 2.05) is 6.07 Å². The van der Waals surface area contributed by atoms with E-state index in [0.29, 0.717) is 31.4 Å². The Morgan fingerprint density at radius 3 is 2.74 bits per heavy atom. The van der Waals surface area contributed by atoms with Crippen LogP contribution in [0, 0.1) is 5.82 Å². The van der Waals surface area contributed by atoms with Crippen LogP contribution in [-0.2, 0) is 22.6 Å². The molecule has 0 fully saturated rings. The highest BCUT2D eigenvalue weighted by molar-refractivity contribution is 5.24. The Kier molecular flexibility index (Phi) is 7.63. The molecule has 1 rings (SSSR count). The molecule has 0 saturated carbocycles. The third-order valence-electron chi connectivity index (χ3n) is 2.72. The average Bonchev–Trinajstić information content (AvgIpc) is 2.39. The molecule has 0 aliphatic heterocycles. The molecule has 0 aliphatic carbocycles. The van der Waals surface area contributed by atoms with Crippen LogP contribution in [-0.4, -0.2) is 26.4 Å². The van der Waals surface area contributed by atoms with Crippen LogP contribution in [0.5, 0.6) is 0 Å². The summed E-state index contributed by atoms with van der Waals surface area (Å²) < 4.78 is 24.0. The van der Waals surface area contributed by atoms with Crippen molar-refractivity contribution in [1.82, 2.24) is 5.32 Å². The van der Waals surface area contributed by atoms with Crippen molar-refractivity contribution in [2.24, 2.45) is 0 Å². The predicted octanol–water partition coefficient (Wildman–Crippen LogP) is 2.88. The number of hydrogen-bond acceptors (Lipinski definition) is 3. The van der Waals surface area contributed by atoms with Crippen molar-refractivity contribution in [3.05, 3.63) is 35.1 Å². The summed E-state index contributed by atoms with van der Waals surface area (Å²) in [5.41, 5.74) is 1.69. The number of benzene rings is 1. The summed E-state index contributed by atoms with van der Waals surface area (Å²) in [5, 5.41) is 3.31. The van der Waals surface area contributed by atoms with Gasteiger partial charge in [-0.25, -0.2) is 4.39 Å². The molecule has 0 heterocycles. The van der Waals surface area contributed by atoms with Gasteiger partial charge in [0.05, 0.1) is 6.61 Å². The highest BCUT2D eigenvalue weighted by Crippen LogP contribution is 2.12. The Morgan fingerprint density at radius 1 is 1.26 bits per heavy atom. The molecular formula is C15H24FNO2. The summed E-state index contributed by atoms with van der Waals surface area (Å²) in [6.45, 7) is 6.48. The van der Waals surface area contributed by atoms with Crippen LogP contribution in [0.2, 0.25) is 0 Å². The van der Waals surface area contributed by atoms with Crippen LogP contribution >= 0.6 is 0 Å². The average molecular weight is 269 g/mol. The molecule has 0 amide bonds. The normalized spacial score (nSPS) is 11.2. The number of hydrogen-bond donors (Lipinski definition) is 1. The van der Waals surface area contributed by atoms with E-state index >= 15 is 0 Å². The fourth-order valence-electron chi connectivity index (χ4n) is 1.66. The first-order chi connectivity index (χ1) is 9.13. The van der Waals surface area contributed by atoms with E-state index in [4.69, 9.17) is 9.47 Å². The zero-order valence-electron chi connectivity index (χ0n) is 12.0. The summed E-state index contributed by atoms with van der Waals surface area (Å²) in [7, 11) is 1.66. The summed E-state index contributed by atoms with van der Waals surface area (Å²) in [5.74, 6) is -0.208. The lowest BCUT2D eigenvalue weighted by atomic mass is 10.1. The highest BCUT2D eigenvalue weighted by atomic mass is 19.1. The molecule has 4 heteroatoms. The molecule has 3 nitrogen and oxygen atoms in total. The van der Waals surface area contributed by atoms with Gasteiger partial charge in [-0.1, -0.05) is 19.9 Å². The topological polar surface area (TPSA) is 30.5 Å². The van der Waals surface area contributed by atoms with Crippen molar-refractivity contribution in [2.45, 2.75) is 39.5 Å². The van der Waals surface area contributed by atoms with Crippen LogP contribution < -0.4 is 5.32 Å². The van der Waals surface area contributed by atoms with Crippen molar-refractivity contribution >= 4 is 0 Å². The summed E-state index contributed by atoms with van der Waals surface area (Å²) >= 11 is 0. The fourth-order valence-corrected chi connectivity index (χ4v) is 1.66. The number of halogens is 1. The van der Waals surface area contributed by atoms with Crippen molar-refractivity contribution in [1.29, 1.82) is 0 Å². The van der Waals surface area contributed by atoms with Gasteiger partial charge < -0.3 is 14.8 Å². The molecule has 0 atom stereocenters. The highest BCUT2D eigenvalue weighted by Gasteiger charge is 2.04. The zero-order valence-corrected chi connectivity index (χ0v) is 12.0. The summed E-state index contributed by atoms with van der Waals surface area (Å²) in [6.07, 6.45) is 0.826. The fraction of sp³-hybridized carbons (Fsp3) is 0.600. The van der Waals surface area contributed by atoms with Gasteiger partial charge >= 0.3 is 0 Å². The Bertz CT molecular complexity index is 369. The van der Waals surface area contributed by atoms with Crippen LogP contribution in [0.4, 0.5) is 4.39 Å². The molecule has 0 bridgehead atoms. The number of methoxy groups -OCH3 is 1. The molecule has 0 aromatic heterocycles. The molecule has 108 valence electrons. The van der Waals surface area contributed by atoms with Crippen molar-refractivity contribution in [3.63, 3.8) is 0 Å². The van der Waals surface area contributed by atoms with Gasteiger partial charge in [0.1, 0.15) is 5.82 Å². The molecule has 19 heavy (non-hydrogen) atoms. The van der Waals surface area contributed by atoms with Crippen LogP contribution in [0.1, 0.15) is 31.4 Å². The largest absolute Gasteiger partial charge is 0.385 e. The Hall–Kier alpha value is -0.970. The molecule has 0 unspecified atom stereocenters. The van der Waals surface area contributed by atoms with Crippen molar-refractivity contribution in [3.8, 4) is 0 Å². The lowest BCUT2D eigenvalue weighted by molar-refractivity contribution is 0.0912. The molecule has 1 aromatic rings. The minimum absolute atomic E-state index is 0.208. The third kappa shape index (κ3) is 6.66. The van der Waals surface area contributed by atoms with Gasteiger partial charge in [-0.05, 0) is 24.1 Å². The first-order valence-electron chi connectivity index (χ1n) is 6.71. The second kappa shape index (κ2) is 9.02. The Labute approximate surface area is 115 Å². The molecule has 0 aliphatic rings. The summed E-state index contributed by atoms with van der Waals surface area (Å²) in [4.78, 5) is 0. The minimum Gasteiger partial charge on any atom is -0.385 e. The summed E-state index contributed by atoms with van der Waals surface area (Å²) in [6, 6.07) is 5.59. The van der Waals surface area contributed by atoms with E-state index in [0.717, 1.165) is 18.5 Å². The second-order valence-corrected chi connectivity index (χ2v) is 4.86. The predicted molar refractivity (Wildman–Crippen MR) is 74.5 cm³/mol. The smallest absolute Gasteiger partial charge is 0.128 e. The van der Waals surface area contributed by atoms with E-state index in [2.05, 4.69) is 19.2 Å².